The van der Waals surface area contributed by atoms with Crippen molar-refractivity contribution in [3.63, 3.8) is 0 Å². The summed E-state index contributed by atoms with van der Waals surface area (Å²) in [5.41, 5.74) is 5.53. The van der Waals surface area contributed by atoms with Gasteiger partial charge in [-0.2, -0.15) is 0 Å². The van der Waals surface area contributed by atoms with E-state index in [1.807, 2.05) is 6.07 Å². The highest BCUT2D eigenvalue weighted by Gasteiger charge is 2.17. The Morgan fingerprint density at radius 3 is 2.70 bits per heavy atom. The molecule has 0 fully saturated rings. The minimum Gasteiger partial charge on any atom is -0.497 e. The molecule has 1 aliphatic rings. The van der Waals surface area contributed by atoms with Gasteiger partial charge in [0.2, 0.25) is 0 Å². The molecular weight excluding hydrogens is 270 g/mol. The third-order valence-corrected chi connectivity index (χ3v) is 3.84. The molecule has 0 atom stereocenters. The van der Waals surface area contributed by atoms with Gasteiger partial charge in [-0.3, -0.25) is 0 Å². The Balaban J connectivity index is 0.00000147. The summed E-state index contributed by atoms with van der Waals surface area (Å²) in [7, 11) is 3.90. The van der Waals surface area contributed by atoms with Crippen LogP contribution in [0.3, 0.4) is 0 Å². The number of likely N-dealkylation sites (N-methyl/N-ethyl adjacent to an activating group) is 1. The molecule has 20 heavy (non-hydrogen) atoms. The van der Waals surface area contributed by atoms with Crippen molar-refractivity contribution < 1.29 is 4.74 Å². The predicted molar refractivity (Wildman–Crippen MR) is 85.7 cm³/mol. The number of methoxy groups -OCH3 is 1. The topological polar surface area (TPSA) is 12.5 Å². The molecule has 3 heteroatoms. The first kappa shape index (κ1) is 14.9. The summed E-state index contributed by atoms with van der Waals surface area (Å²) in [4.78, 5) is 2.38. The Labute approximate surface area is 126 Å². The number of halogens is 1. The highest BCUT2D eigenvalue weighted by molar-refractivity contribution is 5.85. The zero-order valence-electron chi connectivity index (χ0n) is 11.9. The highest BCUT2D eigenvalue weighted by Crippen LogP contribution is 2.31. The molecule has 0 aliphatic carbocycles. The lowest BCUT2D eigenvalue weighted by Gasteiger charge is -2.27. The van der Waals surface area contributed by atoms with Gasteiger partial charge in [0, 0.05) is 13.1 Å². The average Bonchev–Trinajstić information content (AvgIpc) is 2.46. The quantitative estimate of drug-likeness (QED) is 0.834. The van der Waals surface area contributed by atoms with E-state index in [-0.39, 0.29) is 12.4 Å². The van der Waals surface area contributed by atoms with Gasteiger partial charge in [0.05, 0.1) is 7.11 Å². The van der Waals surface area contributed by atoms with Crippen LogP contribution < -0.4 is 4.74 Å². The maximum absolute atomic E-state index is 5.33. The van der Waals surface area contributed by atoms with E-state index in [2.05, 4.69) is 48.3 Å². The van der Waals surface area contributed by atoms with E-state index in [1.54, 1.807) is 7.11 Å². The van der Waals surface area contributed by atoms with E-state index in [0.717, 1.165) is 25.3 Å². The first-order valence-electron chi connectivity index (χ1n) is 6.71. The maximum atomic E-state index is 5.33. The normalized spacial score (nSPS) is 14.3. The first-order valence-corrected chi connectivity index (χ1v) is 6.71. The molecule has 0 unspecified atom stereocenters. The molecule has 0 N–H and O–H groups in total. The van der Waals surface area contributed by atoms with Crippen LogP contribution in [-0.2, 0) is 13.0 Å². The van der Waals surface area contributed by atoms with Gasteiger partial charge in [0.15, 0.2) is 0 Å². The number of nitrogens with zero attached hydrogens (tertiary/aromatic N) is 1. The Morgan fingerprint density at radius 1 is 1.10 bits per heavy atom. The summed E-state index contributed by atoms with van der Waals surface area (Å²) < 4.78 is 5.33. The SMILES string of the molecule is COc1cccc(-c2cccc3c2CN(C)CC3)c1.Cl. The lowest BCUT2D eigenvalue weighted by atomic mass is 9.91. The lowest BCUT2D eigenvalue weighted by Crippen LogP contribution is -2.26. The van der Waals surface area contributed by atoms with E-state index < -0.39 is 0 Å². The van der Waals surface area contributed by atoms with Crippen molar-refractivity contribution in [2.24, 2.45) is 0 Å². The minimum absolute atomic E-state index is 0. The molecule has 2 aromatic carbocycles. The fourth-order valence-corrected chi connectivity index (χ4v) is 2.78. The standard InChI is InChI=1S/C17H19NO.ClH/c1-18-10-9-13-5-4-8-16(17(13)12-18)14-6-3-7-15(11-14)19-2;/h3-8,11H,9-10,12H2,1-2H3;1H. The summed E-state index contributed by atoms with van der Waals surface area (Å²) in [5.74, 6) is 0.916. The van der Waals surface area contributed by atoms with Crippen LogP contribution >= 0.6 is 12.4 Å². The number of fused-ring (bicyclic) bond motifs is 1. The van der Waals surface area contributed by atoms with Gasteiger partial charge in [-0.15, -0.1) is 12.4 Å². The van der Waals surface area contributed by atoms with Gasteiger partial charge in [-0.05, 0) is 47.9 Å². The van der Waals surface area contributed by atoms with Crippen molar-refractivity contribution in [1.82, 2.24) is 4.90 Å². The van der Waals surface area contributed by atoms with E-state index >= 15 is 0 Å². The van der Waals surface area contributed by atoms with Gasteiger partial charge in [0.1, 0.15) is 5.75 Å². The zero-order chi connectivity index (χ0) is 13.2. The van der Waals surface area contributed by atoms with Crippen LogP contribution in [0.4, 0.5) is 0 Å². The van der Waals surface area contributed by atoms with Gasteiger partial charge < -0.3 is 9.64 Å². The number of rotatable bonds is 2. The molecule has 0 saturated carbocycles. The van der Waals surface area contributed by atoms with E-state index in [9.17, 15) is 0 Å². The molecule has 106 valence electrons. The highest BCUT2D eigenvalue weighted by atomic mass is 35.5. The summed E-state index contributed by atoms with van der Waals surface area (Å²) >= 11 is 0. The number of hydrogen-bond donors (Lipinski definition) is 0. The second-order valence-electron chi connectivity index (χ2n) is 5.16. The second-order valence-corrected chi connectivity index (χ2v) is 5.16. The molecule has 1 heterocycles. The molecule has 0 saturated heterocycles. The van der Waals surface area contributed by atoms with Crippen LogP contribution in [0.1, 0.15) is 11.1 Å². The van der Waals surface area contributed by atoms with Crippen molar-refractivity contribution in [2.75, 3.05) is 20.7 Å². The zero-order valence-corrected chi connectivity index (χ0v) is 12.7. The van der Waals surface area contributed by atoms with E-state index in [4.69, 9.17) is 4.74 Å². The number of ether oxygens (including phenoxy) is 1. The Morgan fingerprint density at radius 2 is 1.90 bits per heavy atom. The van der Waals surface area contributed by atoms with Crippen LogP contribution in [0.25, 0.3) is 11.1 Å². The van der Waals surface area contributed by atoms with Crippen LogP contribution in [0.5, 0.6) is 5.75 Å². The number of hydrogen-bond acceptors (Lipinski definition) is 2. The van der Waals surface area contributed by atoms with Gasteiger partial charge in [-0.1, -0.05) is 30.3 Å². The summed E-state index contributed by atoms with van der Waals surface area (Å²) in [6, 6.07) is 15.0. The van der Waals surface area contributed by atoms with Gasteiger partial charge in [-0.25, -0.2) is 0 Å². The molecule has 0 aromatic heterocycles. The monoisotopic (exact) mass is 289 g/mol. The van der Waals surface area contributed by atoms with Crippen LogP contribution in [-0.4, -0.2) is 25.6 Å². The Kier molecular flexibility index (Phi) is 4.69. The van der Waals surface area contributed by atoms with Gasteiger partial charge in [0.25, 0.3) is 0 Å². The summed E-state index contributed by atoms with van der Waals surface area (Å²) in [6.07, 6.45) is 1.14. The largest absolute Gasteiger partial charge is 0.497 e. The van der Waals surface area contributed by atoms with Crippen LogP contribution in [0.2, 0.25) is 0 Å². The molecule has 0 amide bonds. The summed E-state index contributed by atoms with van der Waals surface area (Å²) in [6.45, 7) is 2.18. The maximum Gasteiger partial charge on any atom is 0.119 e. The van der Waals surface area contributed by atoms with Crippen molar-refractivity contribution in [3.05, 3.63) is 53.6 Å². The van der Waals surface area contributed by atoms with Crippen molar-refractivity contribution >= 4 is 12.4 Å². The fourth-order valence-electron chi connectivity index (χ4n) is 2.78. The Hall–Kier alpha value is -1.51. The number of benzene rings is 2. The first-order chi connectivity index (χ1) is 9.28. The minimum atomic E-state index is 0. The van der Waals surface area contributed by atoms with E-state index in [0.29, 0.717) is 0 Å². The van der Waals surface area contributed by atoms with Crippen LogP contribution in [0.15, 0.2) is 42.5 Å². The predicted octanol–water partition coefficient (Wildman–Crippen LogP) is 3.77. The molecule has 3 rings (SSSR count). The smallest absolute Gasteiger partial charge is 0.119 e. The second kappa shape index (κ2) is 6.29. The van der Waals surface area contributed by atoms with Crippen molar-refractivity contribution in [3.8, 4) is 16.9 Å². The molecule has 2 aromatic rings. The molecular formula is C17H20ClNO. The third kappa shape index (κ3) is 2.82. The lowest BCUT2D eigenvalue weighted by molar-refractivity contribution is 0.313. The molecule has 1 aliphatic heterocycles. The molecule has 0 bridgehead atoms. The fraction of sp³-hybridized carbons (Fsp3) is 0.294. The van der Waals surface area contributed by atoms with E-state index in [1.165, 1.54) is 22.3 Å². The molecule has 0 radical (unpaired) electrons. The van der Waals surface area contributed by atoms with Crippen LogP contribution in [0, 0.1) is 0 Å². The third-order valence-electron chi connectivity index (χ3n) is 3.84. The molecule has 0 spiro atoms. The molecule has 2 nitrogen and oxygen atoms in total. The average molecular weight is 290 g/mol. The van der Waals surface area contributed by atoms with Crippen molar-refractivity contribution in [1.29, 1.82) is 0 Å². The Bertz CT molecular complexity index is 597. The summed E-state index contributed by atoms with van der Waals surface area (Å²) in [5, 5.41) is 0. The van der Waals surface area contributed by atoms with Crippen molar-refractivity contribution in [2.45, 2.75) is 13.0 Å². The van der Waals surface area contributed by atoms with Gasteiger partial charge >= 0.3 is 0 Å².